The van der Waals surface area contributed by atoms with Crippen LogP contribution in [0, 0.1) is 13.8 Å². The average molecular weight is 393 g/mol. The van der Waals surface area contributed by atoms with Crippen LogP contribution in [-0.2, 0) is 6.42 Å². The van der Waals surface area contributed by atoms with Crippen LogP contribution in [0.2, 0.25) is 5.02 Å². The van der Waals surface area contributed by atoms with Gasteiger partial charge in [0.15, 0.2) is 0 Å². The van der Waals surface area contributed by atoms with Crippen molar-refractivity contribution in [2.24, 2.45) is 0 Å². The molecule has 0 spiro atoms. The van der Waals surface area contributed by atoms with Crippen LogP contribution in [0.1, 0.15) is 27.6 Å². The predicted octanol–water partition coefficient (Wildman–Crippen LogP) is 4.60. The molecular formula is C22H21ClN4O. The first kappa shape index (κ1) is 18.3. The average Bonchev–Trinajstić information content (AvgIpc) is 3.21. The Morgan fingerprint density at radius 1 is 1.14 bits per heavy atom. The minimum absolute atomic E-state index is 0.0857. The third kappa shape index (κ3) is 3.53. The van der Waals surface area contributed by atoms with E-state index in [9.17, 15) is 4.79 Å². The number of carbonyl (C=O) groups is 1. The van der Waals surface area contributed by atoms with Gasteiger partial charge in [0.2, 0.25) is 0 Å². The van der Waals surface area contributed by atoms with Crippen molar-refractivity contribution in [2.75, 3.05) is 6.54 Å². The Bertz CT molecular complexity index is 1130. The molecule has 28 heavy (non-hydrogen) atoms. The summed E-state index contributed by atoms with van der Waals surface area (Å²) in [7, 11) is 0. The first-order chi connectivity index (χ1) is 13.5. The van der Waals surface area contributed by atoms with Crippen molar-refractivity contribution in [3.05, 3.63) is 82.4 Å². The lowest BCUT2D eigenvalue weighted by atomic mass is 10.2. The quantitative estimate of drug-likeness (QED) is 0.521. The summed E-state index contributed by atoms with van der Waals surface area (Å²) in [6.45, 7) is 4.45. The molecule has 2 N–H and O–H groups in total. The number of H-pyrrole nitrogens is 1. The molecule has 0 bridgehead atoms. The Morgan fingerprint density at radius 3 is 2.75 bits per heavy atom. The second-order valence-electron chi connectivity index (χ2n) is 6.81. The zero-order valence-electron chi connectivity index (χ0n) is 15.8. The Kier molecular flexibility index (Phi) is 4.92. The highest BCUT2D eigenvalue weighted by Gasteiger charge is 2.16. The van der Waals surface area contributed by atoms with Gasteiger partial charge >= 0.3 is 0 Å². The summed E-state index contributed by atoms with van der Waals surface area (Å²) in [6, 6.07) is 17.4. The number of imidazole rings is 1. The number of amides is 1. The molecule has 0 saturated carbocycles. The molecule has 0 radical (unpaired) electrons. The van der Waals surface area contributed by atoms with Crippen LogP contribution in [0.25, 0.3) is 16.7 Å². The number of halogens is 1. The SMILES string of the molecule is Cc1cc(C(=O)NCCc2nc3ccccc3[nH]2)c(C)n1-c1cccc(Cl)c1. The fourth-order valence-corrected chi connectivity index (χ4v) is 3.70. The van der Waals surface area contributed by atoms with Crippen molar-refractivity contribution in [2.45, 2.75) is 20.3 Å². The molecule has 6 heteroatoms. The fraction of sp³-hybridized carbons (Fsp3) is 0.182. The van der Waals surface area contributed by atoms with Crippen LogP contribution in [0.5, 0.6) is 0 Å². The van der Waals surface area contributed by atoms with Crippen LogP contribution >= 0.6 is 11.6 Å². The lowest BCUT2D eigenvalue weighted by molar-refractivity contribution is 0.0953. The second kappa shape index (κ2) is 7.52. The van der Waals surface area contributed by atoms with Gasteiger partial charge in [-0.25, -0.2) is 4.98 Å². The van der Waals surface area contributed by atoms with Gasteiger partial charge in [0.25, 0.3) is 5.91 Å². The summed E-state index contributed by atoms with van der Waals surface area (Å²) in [6.07, 6.45) is 0.646. The predicted molar refractivity (Wildman–Crippen MR) is 112 cm³/mol. The highest BCUT2D eigenvalue weighted by molar-refractivity contribution is 6.30. The van der Waals surface area contributed by atoms with E-state index in [0.717, 1.165) is 33.9 Å². The highest BCUT2D eigenvalue weighted by atomic mass is 35.5. The van der Waals surface area contributed by atoms with Gasteiger partial charge in [-0.2, -0.15) is 0 Å². The molecule has 0 aliphatic rings. The molecule has 1 amide bonds. The lowest BCUT2D eigenvalue weighted by Gasteiger charge is -2.10. The summed E-state index contributed by atoms with van der Waals surface area (Å²) in [5, 5.41) is 3.67. The van der Waals surface area contributed by atoms with Gasteiger partial charge < -0.3 is 14.9 Å². The van der Waals surface area contributed by atoms with Gasteiger partial charge in [0.1, 0.15) is 5.82 Å². The molecule has 0 fully saturated rings. The maximum atomic E-state index is 12.7. The summed E-state index contributed by atoms with van der Waals surface area (Å²) >= 11 is 6.12. The van der Waals surface area contributed by atoms with E-state index < -0.39 is 0 Å². The maximum Gasteiger partial charge on any atom is 0.253 e. The summed E-state index contributed by atoms with van der Waals surface area (Å²) < 4.78 is 2.04. The molecule has 0 atom stereocenters. The van der Waals surface area contributed by atoms with Gasteiger partial charge in [-0.15, -0.1) is 0 Å². The van der Waals surface area contributed by atoms with E-state index in [1.807, 2.05) is 73.0 Å². The maximum absolute atomic E-state index is 12.7. The first-order valence-corrected chi connectivity index (χ1v) is 9.57. The third-order valence-corrected chi connectivity index (χ3v) is 5.06. The van der Waals surface area contributed by atoms with Gasteiger partial charge in [0, 0.05) is 35.1 Å². The zero-order chi connectivity index (χ0) is 19.7. The molecule has 0 saturated heterocycles. The van der Waals surface area contributed by atoms with Crippen molar-refractivity contribution in [3.63, 3.8) is 0 Å². The molecule has 5 nitrogen and oxygen atoms in total. The van der Waals surface area contributed by atoms with E-state index >= 15 is 0 Å². The first-order valence-electron chi connectivity index (χ1n) is 9.19. The van der Waals surface area contributed by atoms with E-state index in [1.54, 1.807) is 0 Å². The fourth-order valence-electron chi connectivity index (χ4n) is 3.52. The van der Waals surface area contributed by atoms with E-state index in [0.29, 0.717) is 23.6 Å². The second-order valence-corrected chi connectivity index (χ2v) is 7.24. The molecule has 4 aromatic rings. The number of aromatic amines is 1. The van der Waals surface area contributed by atoms with E-state index in [1.165, 1.54) is 0 Å². The monoisotopic (exact) mass is 392 g/mol. The molecule has 0 unspecified atom stereocenters. The number of nitrogens with zero attached hydrogens (tertiary/aromatic N) is 2. The number of carbonyl (C=O) groups excluding carboxylic acids is 1. The summed E-state index contributed by atoms with van der Waals surface area (Å²) in [4.78, 5) is 20.5. The highest BCUT2D eigenvalue weighted by Crippen LogP contribution is 2.23. The van der Waals surface area contributed by atoms with Crippen LogP contribution in [0.3, 0.4) is 0 Å². The molecule has 2 heterocycles. The number of rotatable bonds is 5. The van der Waals surface area contributed by atoms with Crippen molar-refractivity contribution in [3.8, 4) is 5.69 Å². The van der Waals surface area contributed by atoms with Crippen molar-refractivity contribution in [1.29, 1.82) is 0 Å². The third-order valence-electron chi connectivity index (χ3n) is 4.83. The number of hydrogen-bond donors (Lipinski definition) is 2. The van der Waals surface area contributed by atoms with E-state index in [4.69, 9.17) is 11.6 Å². The normalized spacial score (nSPS) is 11.1. The Labute approximate surface area is 168 Å². The number of nitrogens with one attached hydrogen (secondary N) is 2. The molecule has 0 aliphatic carbocycles. The van der Waals surface area contributed by atoms with Crippen molar-refractivity contribution in [1.82, 2.24) is 19.9 Å². The van der Waals surface area contributed by atoms with Crippen LogP contribution in [0.4, 0.5) is 0 Å². The van der Waals surface area contributed by atoms with Gasteiger partial charge in [-0.05, 0) is 50.2 Å². The van der Waals surface area contributed by atoms with Gasteiger partial charge in [0.05, 0.1) is 16.6 Å². The summed E-state index contributed by atoms with van der Waals surface area (Å²) in [5.41, 5.74) is 5.44. The largest absolute Gasteiger partial charge is 0.352 e. The lowest BCUT2D eigenvalue weighted by Crippen LogP contribution is -2.26. The Morgan fingerprint density at radius 2 is 1.96 bits per heavy atom. The smallest absolute Gasteiger partial charge is 0.253 e. The number of hydrogen-bond acceptors (Lipinski definition) is 2. The van der Waals surface area contributed by atoms with Crippen LogP contribution in [0.15, 0.2) is 54.6 Å². The van der Waals surface area contributed by atoms with Crippen molar-refractivity contribution < 1.29 is 4.79 Å². The number of benzene rings is 2. The standard InChI is InChI=1S/C22H21ClN4O/c1-14-12-18(15(2)27(14)17-7-5-6-16(23)13-17)22(28)24-11-10-21-25-19-8-3-4-9-20(19)26-21/h3-9,12-13H,10-11H2,1-2H3,(H,24,28)(H,25,26). The molecule has 0 aliphatic heterocycles. The molecule has 2 aromatic carbocycles. The van der Waals surface area contributed by atoms with Crippen LogP contribution in [-0.4, -0.2) is 27.0 Å². The van der Waals surface area contributed by atoms with Gasteiger partial charge in [-0.3, -0.25) is 4.79 Å². The minimum atomic E-state index is -0.0857. The van der Waals surface area contributed by atoms with Gasteiger partial charge in [-0.1, -0.05) is 29.8 Å². The van der Waals surface area contributed by atoms with E-state index in [-0.39, 0.29) is 5.91 Å². The number of para-hydroxylation sites is 2. The minimum Gasteiger partial charge on any atom is -0.352 e. The number of aromatic nitrogens is 3. The molecule has 4 rings (SSSR count). The topological polar surface area (TPSA) is 62.7 Å². The van der Waals surface area contributed by atoms with Crippen LogP contribution < -0.4 is 5.32 Å². The molecule has 2 aromatic heterocycles. The molecular weight excluding hydrogens is 372 g/mol. The van der Waals surface area contributed by atoms with Crippen molar-refractivity contribution >= 4 is 28.5 Å². The Hall–Kier alpha value is -3.05. The zero-order valence-corrected chi connectivity index (χ0v) is 16.5. The van der Waals surface area contributed by atoms with E-state index in [2.05, 4.69) is 15.3 Å². The summed E-state index contributed by atoms with van der Waals surface area (Å²) in [5.74, 6) is 0.781. The number of aryl methyl sites for hydroxylation is 1. The molecule has 142 valence electrons. The Balaban J connectivity index is 1.47. The number of fused-ring (bicyclic) bond motifs is 1.